The van der Waals surface area contributed by atoms with Gasteiger partial charge in [-0.05, 0) is 61.6 Å². The maximum Gasteiger partial charge on any atom is 0.324 e. The van der Waals surface area contributed by atoms with E-state index < -0.39 is 19.8 Å². The fourth-order valence-electron chi connectivity index (χ4n) is 3.12. The summed E-state index contributed by atoms with van der Waals surface area (Å²) < 4.78 is 6.40. The van der Waals surface area contributed by atoms with E-state index in [1.165, 1.54) is 0 Å². The van der Waals surface area contributed by atoms with Crippen molar-refractivity contribution in [1.29, 1.82) is 0 Å². The molecule has 1 aromatic carbocycles. The van der Waals surface area contributed by atoms with Crippen LogP contribution in [0.3, 0.4) is 0 Å². The zero-order valence-corrected chi connectivity index (χ0v) is 17.6. The van der Waals surface area contributed by atoms with Gasteiger partial charge in [-0.1, -0.05) is 39.8 Å². The lowest BCUT2D eigenvalue weighted by molar-refractivity contribution is -0.159. The Hall–Kier alpha value is -1.33. The molecule has 0 saturated heterocycles. The highest BCUT2D eigenvalue weighted by Gasteiger charge is 2.48. The van der Waals surface area contributed by atoms with Crippen LogP contribution in [0.5, 0.6) is 5.75 Å². The smallest absolute Gasteiger partial charge is 0.324 e. The van der Waals surface area contributed by atoms with Gasteiger partial charge in [0.2, 0.25) is 8.32 Å². The van der Waals surface area contributed by atoms with Crippen LogP contribution in [0.1, 0.15) is 52.5 Å². The van der Waals surface area contributed by atoms with Gasteiger partial charge in [-0.3, -0.25) is 9.69 Å². The van der Waals surface area contributed by atoms with Gasteiger partial charge in [-0.2, -0.15) is 0 Å². The minimum Gasteiger partial charge on any atom is -0.543 e. The number of carbonyl (C=O) groups is 1. The summed E-state index contributed by atoms with van der Waals surface area (Å²) in [7, 11) is -1.87. The van der Waals surface area contributed by atoms with Gasteiger partial charge in [0, 0.05) is 6.54 Å². The summed E-state index contributed by atoms with van der Waals surface area (Å²) in [6, 6.07) is 8.17. The number of hydrogen-bond donors (Lipinski definition) is 1. The van der Waals surface area contributed by atoms with Crippen LogP contribution in [0.4, 0.5) is 0 Å². The Balaban J connectivity index is 2.17. The van der Waals surface area contributed by atoms with Gasteiger partial charge in [0.05, 0.1) is 0 Å². The fourth-order valence-corrected chi connectivity index (χ4v) is 4.14. The number of rotatable bonds is 7. The van der Waals surface area contributed by atoms with Gasteiger partial charge in [0.1, 0.15) is 11.3 Å². The van der Waals surface area contributed by atoms with Crippen molar-refractivity contribution in [3.8, 4) is 5.75 Å². The van der Waals surface area contributed by atoms with Crippen molar-refractivity contribution in [2.45, 2.75) is 77.2 Å². The van der Waals surface area contributed by atoms with E-state index >= 15 is 0 Å². The predicted octanol–water partition coefficient (Wildman–Crippen LogP) is 4.90. The second-order valence-electron chi connectivity index (χ2n) is 8.71. The summed E-state index contributed by atoms with van der Waals surface area (Å²) in [5.74, 6) is 0.215. The van der Waals surface area contributed by atoms with E-state index in [1.54, 1.807) is 0 Å². The average Bonchev–Trinajstić information content (AvgIpc) is 2.43. The van der Waals surface area contributed by atoms with Gasteiger partial charge in [-0.15, -0.1) is 0 Å². The Bertz CT molecular complexity index is 618. The Kier molecular flexibility index (Phi) is 5.69. The zero-order chi connectivity index (χ0) is 18.9. The van der Waals surface area contributed by atoms with Crippen LogP contribution < -0.4 is 4.43 Å². The van der Waals surface area contributed by atoms with Crippen LogP contribution >= 0.6 is 0 Å². The third-order valence-corrected chi connectivity index (χ3v) is 10.4. The minimum absolute atomic E-state index is 0.151. The summed E-state index contributed by atoms with van der Waals surface area (Å²) in [5.41, 5.74) is 0.441. The summed E-state index contributed by atoms with van der Waals surface area (Å²) in [4.78, 5) is 13.9. The minimum atomic E-state index is -1.87. The number of hydrogen-bond acceptors (Lipinski definition) is 3. The first kappa shape index (κ1) is 20.0. The number of carboxylic acids is 1. The monoisotopic (exact) mass is 363 g/mol. The SMILES string of the molecule is CCN(Cc1cccc(O[Si](C)(C)C(C)(C)C)c1)C1(C(=O)O)CCC1. The molecule has 0 aliphatic heterocycles. The van der Waals surface area contributed by atoms with Crippen LogP contribution in [0.25, 0.3) is 0 Å². The van der Waals surface area contributed by atoms with Crippen LogP contribution in [-0.4, -0.2) is 36.4 Å². The maximum absolute atomic E-state index is 11.8. The van der Waals surface area contributed by atoms with E-state index in [1.807, 2.05) is 19.1 Å². The normalized spacial score (nSPS) is 17.2. The molecule has 25 heavy (non-hydrogen) atoms. The summed E-state index contributed by atoms with van der Waals surface area (Å²) >= 11 is 0. The molecule has 4 nitrogen and oxygen atoms in total. The Morgan fingerprint density at radius 2 is 1.96 bits per heavy atom. The summed E-state index contributed by atoms with van der Waals surface area (Å²) in [6.07, 6.45) is 2.49. The van der Waals surface area contributed by atoms with E-state index in [4.69, 9.17) is 4.43 Å². The molecule has 1 N–H and O–H groups in total. The van der Waals surface area contributed by atoms with Crippen molar-refractivity contribution in [1.82, 2.24) is 4.90 Å². The summed E-state index contributed by atoms with van der Waals surface area (Å²) in [5, 5.41) is 9.85. The van der Waals surface area contributed by atoms with Crippen molar-refractivity contribution in [2.24, 2.45) is 0 Å². The second-order valence-corrected chi connectivity index (χ2v) is 13.4. The topological polar surface area (TPSA) is 49.8 Å². The quantitative estimate of drug-likeness (QED) is 0.700. The Morgan fingerprint density at radius 3 is 2.40 bits per heavy atom. The standard InChI is InChI=1S/C20H33NO3Si/c1-7-21(20(18(22)23)12-9-13-20)15-16-10-8-11-17(14-16)24-25(5,6)19(2,3)4/h8,10-11,14H,7,9,12-13,15H2,1-6H3,(H,22,23). The van der Waals surface area contributed by atoms with E-state index in [0.29, 0.717) is 6.54 Å². The number of nitrogens with zero attached hydrogens (tertiary/aromatic N) is 1. The Morgan fingerprint density at radius 1 is 1.32 bits per heavy atom. The number of aliphatic carboxylic acids is 1. The van der Waals surface area contributed by atoms with Crippen LogP contribution in [0.15, 0.2) is 24.3 Å². The molecular weight excluding hydrogens is 330 g/mol. The molecule has 2 rings (SSSR count). The van der Waals surface area contributed by atoms with Gasteiger partial charge in [0.25, 0.3) is 0 Å². The molecule has 0 spiro atoms. The van der Waals surface area contributed by atoms with Gasteiger partial charge < -0.3 is 9.53 Å². The Labute approximate surface area is 153 Å². The largest absolute Gasteiger partial charge is 0.543 e. The second kappa shape index (κ2) is 7.12. The molecule has 1 saturated carbocycles. The predicted molar refractivity (Wildman–Crippen MR) is 105 cm³/mol. The number of benzene rings is 1. The zero-order valence-electron chi connectivity index (χ0n) is 16.6. The average molecular weight is 364 g/mol. The lowest BCUT2D eigenvalue weighted by atomic mass is 9.75. The van der Waals surface area contributed by atoms with Crippen molar-refractivity contribution in [2.75, 3.05) is 6.54 Å². The first-order chi connectivity index (χ1) is 11.5. The van der Waals surface area contributed by atoms with Crippen LogP contribution in [0.2, 0.25) is 18.1 Å². The van der Waals surface area contributed by atoms with Gasteiger partial charge in [-0.25, -0.2) is 0 Å². The molecule has 1 aliphatic rings. The number of likely N-dealkylation sites (N-methyl/N-ethyl adjacent to an activating group) is 1. The summed E-state index contributed by atoms with van der Waals surface area (Å²) in [6.45, 7) is 14.6. The van der Waals surface area contributed by atoms with Crippen molar-refractivity contribution < 1.29 is 14.3 Å². The third kappa shape index (κ3) is 4.09. The van der Waals surface area contributed by atoms with Gasteiger partial charge >= 0.3 is 5.97 Å². The highest BCUT2D eigenvalue weighted by Crippen LogP contribution is 2.40. The third-order valence-electron chi connectivity index (χ3n) is 6.02. The first-order valence-corrected chi connectivity index (χ1v) is 12.2. The molecule has 0 heterocycles. The van der Waals surface area contributed by atoms with Crippen molar-refractivity contribution in [3.05, 3.63) is 29.8 Å². The first-order valence-electron chi connectivity index (χ1n) is 9.28. The van der Waals surface area contributed by atoms with Gasteiger partial charge in [0.15, 0.2) is 0 Å². The van der Waals surface area contributed by atoms with Crippen molar-refractivity contribution in [3.63, 3.8) is 0 Å². The molecule has 0 unspecified atom stereocenters. The molecule has 1 fully saturated rings. The number of carboxylic acid groups (broad SMARTS) is 1. The molecular formula is C20H33NO3Si. The molecule has 0 radical (unpaired) electrons. The molecule has 1 aliphatic carbocycles. The molecule has 1 aromatic rings. The lowest BCUT2D eigenvalue weighted by Crippen LogP contribution is -2.58. The molecule has 0 bridgehead atoms. The van der Waals surface area contributed by atoms with Crippen molar-refractivity contribution >= 4 is 14.3 Å². The lowest BCUT2D eigenvalue weighted by Gasteiger charge is -2.46. The van der Waals surface area contributed by atoms with Crippen LogP contribution in [-0.2, 0) is 11.3 Å². The molecule has 5 heteroatoms. The van der Waals surface area contributed by atoms with E-state index in [0.717, 1.165) is 37.1 Å². The molecule has 140 valence electrons. The molecule has 0 aromatic heterocycles. The highest BCUT2D eigenvalue weighted by molar-refractivity contribution is 6.74. The molecule has 0 amide bonds. The fraction of sp³-hybridized carbons (Fsp3) is 0.650. The highest BCUT2D eigenvalue weighted by atomic mass is 28.4. The maximum atomic E-state index is 11.8. The van der Waals surface area contributed by atoms with E-state index in [9.17, 15) is 9.90 Å². The van der Waals surface area contributed by atoms with E-state index in [-0.39, 0.29) is 5.04 Å². The van der Waals surface area contributed by atoms with Crippen LogP contribution in [0, 0.1) is 0 Å². The molecule has 0 atom stereocenters. The van der Waals surface area contributed by atoms with E-state index in [2.05, 4.69) is 50.9 Å².